The van der Waals surface area contributed by atoms with Gasteiger partial charge in [-0.1, -0.05) is 6.07 Å². The van der Waals surface area contributed by atoms with Crippen molar-refractivity contribution in [3.63, 3.8) is 0 Å². The lowest BCUT2D eigenvalue weighted by Crippen LogP contribution is -2.41. The average molecular weight is 359 g/mol. The molecule has 1 aliphatic heterocycles. The Bertz CT molecular complexity index is 717. The van der Waals surface area contributed by atoms with Crippen LogP contribution >= 0.6 is 0 Å². The van der Waals surface area contributed by atoms with Crippen molar-refractivity contribution in [2.45, 2.75) is 6.10 Å². The van der Waals surface area contributed by atoms with E-state index >= 15 is 0 Å². The molecule has 2 aromatic rings. The van der Waals surface area contributed by atoms with Crippen LogP contribution in [0.2, 0.25) is 0 Å². The molecular formula is C18H21N3O5. The van der Waals surface area contributed by atoms with E-state index < -0.39 is 0 Å². The molecule has 0 radical (unpaired) electrons. The molecule has 1 aromatic carbocycles. The monoisotopic (exact) mass is 359 g/mol. The molecule has 8 nitrogen and oxygen atoms in total. The number of carbonyl (C=O) groups excluding carboxylic acids is 1. The standard InChI is InChI=1S/C18H21N3O5/c1-23-14-3-2-4-15(9-14)26-17-6-5-13(10-19-17)21-18(22)20-11-16-12-24-7-8-25-16/h2-6,9-10,16H,7-8,11-12H2,1H3,(H2,20,21,22). The minimum absolute atomic E-state index is 0.119. The molecule has 1 atom stereocenters. The number of pyridine rings is 1. The van der Waals surface area contributed by atoms with Crippen molar-refractivity contribution < 1.29 is 23.7 Å². The summed E-state index contributed by atoms with van der Waals surface area (Å²) in [6.45, 7) is 2.01. The summed E-state index contributed by atoms with van der Waals surface area (Å²) in [7, 11) is 1.59. The van der Waals surface area contributed by atoms with Gasteiger partial charge in [-0.05, 0) is 18.2 Å². The van der Waals surface area contributed by atoms with E-state index in [1.807, 2.05) is 12.1 Å². The first-order valence-electron chi connectivity index (χ1n) is 8.25. The van der Waals surface area contributed by atoms with Crippen LogP contribution < -0.4 is 20.1 Å². The number of hydrogen-bond acceptors (Lipinski definition) is 6. The van der Waals surface area contributed by atoms with Crippen molar-refractivity contribution in [2.24, 2.45) is 0 Å². The molecule has 0 spiro atoms. The third-order valence-corrected chi connectivity index (χ3v) is 3.63. The number of amides is 2. The van der Waals surface area contributed by atoms with Crippen LogP contribution in [0.4, 0.5) is 10.5 Å². The van der Waals surface area contributed by atoms with Gasteiger partial charge in [0.25, 0.3) is 0 Å². The van der Waals surface area contributed by atoms with Gasteiger partial charge in [0.1, 0.15) is 11.5 Å². The molecule has 26 heavy (non-hydrogen) atoms. The maximum absolute atomic E-state index is 11.9. The minimum Gasteiger partial charge on any atom is -0.497 e. The van der Waals surface area contributed by atoms with Gasteiger partial charge in [0.2, 0.25) is 5.88 Å². The van der Waals surface area contributed by atoms with Crippen LogP contribution in [0.25, 0.3) is 0 Å². The topological polar surface area (TPSA) is 90.9 Å². The molecule has 1 fully saturated rings. The highest BCUT2D eigenvalue weighted by Crippen LogP contribution is 2.24. The number of urea groups is 1. The molecule has 0 bridgehead atoms. The molecule has 1 aromatic heterocycles. The molecular weight excluding hydrogens is 338 g/mol. The zero-order valence-electron chi connectivity index (χ0n) is 14.4. The summed E-state index contributed by atoms with van der Waals surface area (Å²) in [4.78, 5) is 16.1. The van der Waals surface area contributed by atoms with E-state index in [0.717, 1.165) is 0 Å². The molecule has 2 N–H and O–H groups in total. The lowest BCUT2D eigenvalue weighted by atomic mass is 10.3. The summed E-state index contributed by atoms with van der Waals surface area (Å²) in [6, 6.07) is 10.3. The number of nitrogens with zero attached hydrogens (tertiary/aromatic N) is 1. The molecule has 2 heterocycles. The van der Waals surface area contributed by atoms with E-state index in [2.05, 4.69) is 15.6 Å². The number of ether oxygens (including phenoxy) is 4. The number of rotatable bonds is 6. The zero-order valence-corrected chi connectivity index (χ0v) is 14.4. The number of carbonyl (C=O) groups is 1. The van der Waals surface area contributed by atoms with Gasteiger partial charge < -0.3 is 29.6 Å². The predicted molar refractivity (Wildman–Crippen MR) is 94.9 cm³/mol. The van der Waals surface area contributed by atoms with Crippen LogP contribution in [0.3, 0.4) is 0 Å². The van der Waals surface area contributed by atoms with Crippen LogP contribution in [0.15, 0.2) is 42.6 Å². The van der Waals surface area contributed by atoms with E-state index in [1.54, 1.807) is 31.4 Å². The van der Waals surface area contributed by atoms with E-state index in [-0.39, 0.29) is 12.1 Å². The van der Waals surface area contributed by atoms with E-state index in [4.69, 9.17) is 18.9 Å². The third-order valence-electron chi connectivity index (χ3n) is 3.63. The van der Waals surface area contributed by atoms with Gasteiger partial charge in [0.15, 0.2) is 0 Å². The minimum atomic E-state index is -0.331. The first-order valence-corrected chi connectivity index (χ1v) is 8.25. The molecule has 2 amide bonds. The number of benzene rings is 1. The second-order valence-electron chi connectivity index (χ2n) is 5.57. The van der Waals surface area contributed by atoms with Crippen molar-refractivity contribution >= 4 is 11.7 Å². The first-order chi connectivity index (χ1) is 12.7. The Morgan fingerprint density at radius 3 is 2.88 bits per heavy atom. The summed E-state index contributed by atoms with van der Waals surface area (Å²) < 4.78 is 21.6. The Hall–Kier alpha value is -2.84. The van der Waals surface area contributed by atoms with Gasteiger partial charge in [-0.2, -0.15) is 0 Å². The van der Waals surface area contributed by atoms with E-state index in [0.29, 0.717) is 49.4 Å². The van der Waals surface area contributed by atoms with Crippen LogP contribution in [-0.4, -0.2) is 50.6 Å². The molecule has 1 aliphatic rings. The van der Waals surface area contributed by atoms with Crippen molar-refractivity contribution in [2.75, 3.05) is 38.8 Å². The Kier molecular flexibility index (Phi) is 6.24. The van der Waals surface area contributed by atoms with Gasteiger partial charge in [0, 0.05) is 18.7 Å². The fourth-order valence-corrected chi connectivity index (χ4v) is 2.34. The van der Waals surface area contributed by atoms with Crippen LogP contribution in [0.5, 0.6) is 17.4 Å². The maximum Gasteiger partial charge on any atom is 0.319 e. The first kappa shape index (κ1) is 18.0. The fraction of sp³-hybridized carbons (Fsp3) is 0.333. The quantitative estimate of drug-likeness (QED) is 0.823. The van der Waals surface area contributed by atoms with Gasteiger partial charge in [-0.25, -0.2) is 9.78 Å². The lowest BCUT2D eigenvalue weighted by Gasteiger charge is -2.23. The van der Waals surface area contributed by atoms with Gasteiger partial charge in [-0.3, -0.25) is 0 Å². The number of aromatic nitrogens is 1. The molecule has 3 rings (SSSR count). The second-order valence-corrected chi connectivity index (χ2v) is 5.57. The SMILES string of the molecule is COc1cccc(Oc2ccc(NC(=O)NCC3COCCO3)cn2)c1. The van der Waals surface area contributed by atoms with Crippen molar-refractivity contribution in [1.82, 2.24) is 10.3 Å². The van der Waals surface area contributed by atoms with Gasteiger partial charge in [-0.15, -0.1) is 0 Å². The average Bonchev–Trinajstić information content (AvgIpc) is 2.69. The molecule has 8 heteroatoms. The smallest absolute Gasteiger partial charge is 0.319 e. The van der Waals surface area contributed by atoms with Crippen LogP contribution in [0.1, 0.15) is 0 Å². The molecule has 138 valence electrons. The molecule has 1 unspecified atom stereocenters. The Labute approximate surface area is 151 Å². The number of methoxy groups -OCH3 is 1. The van der Waals surface area contributed by atoms with Crippen LogP contribution in [-0.2, 0) is 9.47 Å². The van der Waals surface area contributed by atoms with E-state index in [9.17, 15) is 4.79 Å². The lowest BCUT2D eigenvalue weighted by molar-refractivity contribution is -0.0852. The maximum atomic E-state index is 11.9. The van der Waals surface area contributed by atoms with Gasteiger partial charge >= 0.3 is 6.03 Å². The third kappa shape index (κ3) is 5.33. The summed E-state index contributed by atoms with van der Waals surface area (Å²) in [5, 5.41) is 5.45. The Balaban J connectivity index is 1.48. The Morgan fingerprint density at radius 1 is 1.27 bits per heavy atom. The predicted octanol–water partition coefficient (Wildman–Crippen LogP) is 2.42. The zero-order chi connectivity index (χ0) is 18.2. The Morgan fingerprint density at radius 2 is 2.15 bits per heavy atom. The second kappa shape index (κ2) is 9.02. The summed E-state index contributed by atoms with van der Waals surface area (Å²) in [6.07, 6.45) is 1.40. The number of hydrogen-bond donors (Lipinski definition) is 2. The van der Waals surface area contributed by atoms with Crippen LogP contribution in [0, 0.1) is 0 Å². The number of nitrogens with one attached hydrogen (secondary N) is 2. The normalized spacial score (nSPS) is 16.6. The largest absolute Gasteiger partial charge is 0.497 e. The summed E-state index contributed by atoms with van der Waals surface area (Å²) in [5.74, 6) is 1.73. The molecule has 0 aliphatic carbocycles. The van der Waals surface area contributed by atoms with E-state index in [1.165, 1.54) is 6.20 Å². The fourth-order valence-electron chi connectivity index (χ4n) is 2.34. The molecule has 1 saturated heterocycles. The van der Waals surface area contributed by atoms with Crippen molar-refractivity contribution in [1.29, 1.82) is 0 Å². The molecule has 0 saturated carbocycles. The number of anilines is 1. The summed E-state index contributed by atoms with van der Waals surface area (Å²) >= 11 is 0. The van der Waals surface area contributed by atoms with Crippen molar-refractivity contribution in [3.05, 3.63) is 42.6 Å². The highest BCUT2D eigenvalue weighted by atomic mass is 16.6. The van der Waals surface area contributed by atoms with Crippen molar-refractivity contribution in [3.8, 4) is 17.4 Å². The van der Waals surface area contributed by atoms with Gasteiger partial charge in [0.05, 0.1) is 44.9 Å². The highest BCUT2D eigenvalue weighted by Gasteiger charge is 2.15. The summed E-state index contributed by atoms with van der Waals surface area (Å²) in [5.41, 5.74) is 0.557. The highest BCUT2D eigenvalue weighted by molar-refractivity contribution is 5.89.